The maximum absolute atomic E-state index is 13.8. The van der Waals surface area contributed by atoms with Gasteiger partial charge in [-0.1, -0.05) is 6.07 Å². The highest BCUT2D eigenvalue weighted by Gasteiger charge is 2.29. The van der Waals surface area contributed by atoms with Gasteiger partial charge in [0.1, 0.15) is 17.1 Å². The number of halogens is 1. The second kappa shape index (κ2) is 6.02. The summed E-state index contributed by atoms with van der Waals surface area (Å²) in [6.45, 7) is 1.29. The first-order chi connectivity index (χ1) is 9.17. The Balaban J connectivity index is 2.17. The Kier molecular flexibility index (Phi) is 4.37. The molecule has 1 aliphatic rings. The highest BCUT2D eigenvalue weighted by molar-refractivity contribution is 5.97. The van der Waals surface area contributed by atoms with Gasteiger partial charge in [-0.15, -0.1) is 0 Å². The molecule has 1 N–H and O–H groups in total. The SMILES string of the molecule is COc1cccc(F)c1C(=O)N1CCC(CCO)C1. The van der Waals surface area contributed by atoms with Crippen molar-refractivity contribution in [2.75, 3.05) is 26.8 Å². The molecule has 2 rings (SSSR count). The molecule has 0 spiro atoms. The summed E-state index contributed by atoms with van der Waals surface area (Å²) in [6.07, 6.45) is 1.53. The van der Waals surface area contributed by atoms with E-state index in [2.05, 4.69) is 0 Å². The summed E-state index contributed by atoms with van der Waals surface area (Å²) in [4.78, 5) is 14.0. The predicted molar refractivity (Wildman–Crippen MR) is 68.7 cm³/mol. The van der Waals surface area contributed by atoms with Gasteiger partial charge >= 0.3 is 0 Å². The van der Waals surface area contributed by atoms with Crippen molar-refractivity contribution in [3.63, 3.8) is 0 Å². The van der Waals surface area contributed by atoms with Crippen LogP contribution in [0.5, 0.6) is 5.75 Å². The number of carbonyl (C=O) groups excluding carboxylic acids is 1. The Morgan fingerprint density at radius 1 is 1.58 bits per heavy atom. The molecule has 19 heavy (non-hydrogen) atoms. The van der Waals surface area contributed by atoms with Crippen LogP contribution in [0.3, 0.4) is 0 Å². The van der Waals surface area contributed by atoms with Gasteiger partial charge in [-0.3, -0.25) is 4.79 Å². The van der Waals surface area contributed by atoms with E-state index in [4.69, 9.17) is 9.84 Å². The Morgan fingerprint density at radius 3 is 3.05 bits per heavy atom. The van der Waals surface area contributed by atoms with Crippen molar-refractivity contribution in [1.29, 1.82) is 0 Å². The van der Waals surface area contributed by atoms with Gasteiger partial charge < -0.3 is 14.7 Å². The number of aliphatic hydroxyl groups is 1. The van der Waals surface area contributed by atoms with Crippen LogP contribution in [-0.2, 0) is 0 Å². The highest BCUT2D eigenvalue weighted by Crippen LogP contribution is 2.26. The molecule has 0 aliphatic carbocycles. The van der Waals surface area contributed by atoms with Crippen LogP contribution >= 0.6 is 0 Å². The largest absolute Gasteiger partial charge is 0.496 e. The van der Waals surface area contributed by atoms with Gasteiger partial charge in [0.05, 0.1) is 7.11 Å². The molecule has 104 valence electrons. The fraction of sp³-hybridized carbons (Fsp3) is 0.500. The van der Waals surface area contributed by atoms with E-state index in [-0.39, 0.29) is 23.8 Å². The van der Waals surface area contributed by atoms with E-state index >= 15 is 0 Å². The standard InChI is InChI=1S/C14H18FNO3/c1-19-12-4-2-3-11(15)13(12)14(18)16-7-5-10(9-16)6-8-17/h2-4,10,17H,5-9H2,1H3. The molecule has 1 unspecified atom stereocenters. The third-order valence-electron chi connectivity index (χ3n) is 3.52. The quantitative estimate of drug-likeness (QED) is 0.903. The highest BCUT2D eigenvalue weighted by atomic mass is 19.1. The summed E-state index contributed by atoms with van der Waals surface area (Å²) in [5.41, 5.74) is -0.00496. The average molecular weight is 267 g/mol. The molecule has 1 heterocycles. The number of hydrogen-bond acceptors (Lipinski definition) is 3. The van der Waals surface area contributed by atoms with E-state index in [1.807, 2.05) is 0 Å². The molecule has 1 atom stereocenters. The van der Waals surface area contributed by atoms with Gasteiger partial charge in [-0.2, -0.15) is 0 Å². The van der Waals surface area contributed by atoms with Gasteiger partial charge in [-0.25, -0.2) is 4.39 Å². The Labute approximate surface area is 111 Å². The van der Waals surface area contributed by atoms with E-state index < -0.39 is 5.82 Å². The lowest BCUT2D eigenvalue weighted by atomic mass is 10.1. The molecule has 1 saturated heterocycles. The molecular formula is C14H18FNO3. The minimum Gasteiger partial charge on any atom is -0.496 e. The minimum absolute atomic E-state index is 0.00496. The smallest absolute Gasteiger partial charge is 0.260 e. The number of likely N-dealkylation sites (tertiary alicyclic amines) is 1. The molecule has 1 amide bonds. The normalized spacial score (nSPS) is 18.7. The van der Waals surface area contributed by atoms with Crippen LogP contribution in [0.25, 0.3) is 0 Å². The van der Waals surface area contributed by atoms with Gasteiger partial charge in [0.2, 0.25) is 0 Å². The molecule has 1 aliphatic heterocycles. The van der Waals surface area contributed by atoms with Crippen molar-refractivity contribution in [1.82, 2.24) is 4.90 Å². The molecular weight excluding hydrogens is 249 g/mol. The predicted octanol–water partition coefficient (Wildman–Crippen LogP) is 1.68. The molecule has 0 bridgehead atoms. The third-order valence-corrected chi connectivity index (χ3v) is 3.52. The summed E-state index contributed by atoms with van der Waals surface area (Å²) >= 11 is 0. The maximum Gasteiger partial charge on any atom is 0.260 e. The fourth-order valence-electron chi connectivity index (χ4n) is 2.48. The lowest BCUT2D eigenvalue weighted by Gasteiger charge is -2.18. The van der Waals surface area contributed by atoms with Crippen LogP contribution < -0.4 is 4.74 Å². The van der Waals surface area contributed by atoms with Gasteiger partial charge in [-0.05, 0) is 30.9 Å². The number of methoxy groups -OCH3 is 1. The number of ether oxygens (including phenoxy) is 1. The van der Waals surface area contributed by atoms with Crippen LogP contribution in [0.2, 0.25) is 0 Å². The van der Waals surface area contributed by atoms with E-state index in [0.29, 0.717) is 25.4 Å². The fourth-order valence-corrected chi connectivity index (χ4v) is 2.48. The second-order valence-corrected chi connectivity index (χ2v) is 4.74. The number of benzene rings is 1. The second-order valence-electron chi connectivity index (χ2n) is 4.74. The van der Waals surface area contributed by atoms with Crippen molar-refractivity contribution < 1.29 is 19.0 Å². The number of nitrogens with zero attached hydrogens (tertiary/aromatic N) is 1. The van der Waals surface area contributed by atoms with Gasteiger partial charge in [0, 0.05) is 19.7 Å². The van der Waals surface area contributed by atoms with Crippen molar-refractivity contribution >= 4 is 5.91 Å². The minimum atomic E-state index is -0.560. The maximum atomic E-state index is 13.8. The van der Waals surface area contributed by atoms with Gasteiger partial charge in [0.15, 0.2) is 0 Å². The zero-order valence-corrected chi connectivity index (χ0v) is 10.9. The first kappa shape index (κ1) is 13.8. The van der Waals surface area contributed by atoms with Crippen LogP contribution in [-0.4, -0.2) is 42.7 Å². The summed E-state index contributed by atoms with van der Waals surface area (Å²) in [5, 5.41) is 8.91. The molecule has 0 aromatic heterocycles. The lowest BCUT2D eigenvalue weighted by Crippen LogP contribution is -2.30. The molecule has 0 saturated carbocycles. The summed E-state index contributed by atoms with van der Waals surface area (Å²) in [7, 11) is 1.42. The monoisotopic (exact) mass is 267 g/mol. The Morgan fingerprint density at radius 2 is 2.37 bits per heavy atom. The molecule has 1 fully saturated rings. The summed E-state index contributed by atoms with van der Waals surface area (Å²) in [6, 6.07) is 4.36. The topological polar surface area (TPSA) is 49.8 Å². The first-order valence-corrected chi connectivity index (χ1v) is 6.40. The van der Waals surface area contributed by atoms with E-state index in [0.717, 1.165) is 6.42 Å². The zero-order valence-electron chi connectivity index (χ0n) is 10.9. The van der Waals surface area contributed by atoms with Crippen molar-refractivity contribution in [2.24, 2.45) is 5.92 Å². The Hall–Kier alpha value is -1.62. The number of hydrogen-bond donors (Lipinski definition) is 1. The van der Waals surface area contributed by atoms with E-state index in [1.165, 1.54) is 19.2 Å². The van der Waals surface area contributed by atoms with Crippen molar-refractivity contribution in [2.45, 2.75) is 12.8 Å². The lowest BCUT2D eigenvalue weighted by molar-refractivity contribution is 0.0776. The van der Waals surface area contributed by atoms with Crippen LogP contribution in [0, 0.1) is 11.7 Å². The van der Waals surface area contributed by atoms with E-state index in [1.54, 1.807) is 11.0 Å². The van der Waals surface area contributed by atoms with Crippen LogP contribution in [0.4, 0.5) is 4.39 Å². The molecule has 1 aromatic rings. The Bertz CT molecular complexity index is 464. The number of carbonyl (C=O) groups is 1. The van der Waals surface area contributed by atoms with Crippen molar-refractivity contribution in [3.8, 4) is 5.75 Å². The average Bonchev–Trinajstić information content (AvgIpc) is 2.86. The molecule has 0 radical (unpaired) electrons. The van der Waals surface area contributed by atoms with Crippen molar-refractivity contribution in [3.05, 3.63) is 29.6 Å². The molecule has 5 heteroatoms. The van der Waals surface area contributed by atoms with Crippen LogP contribution in [0.15, 0.2) is 18.2 Å². The molecule has 1 aromatic carbocycles. The van der Waals surface area contributed by atoms with Gasteiger partial charge in [0.25, 0.3) is 5.91 Å². The molecule has 4 nitrogen and oxygen atoms in total. The number of amides is 1. The zero-order chi connectivity index (χ0) is 13.8. The number of rotatable bonds is 4. The summed E-state index contributed by atoms with van der Waals surface area (Å²) < 4.78 is 18.9. The number of aliphatic hydroxyl groups excluding tert-OH is 1. The van der Waals surface area contributed by atoms with E-state index in [9.17, 15) is 9.18 Å². The summed E-state index contributed by atoms with van der Waals surface area (Å²) in [5.74, 6) is -0.340. The third kappa shape index (κ3) is 2.87. The van der Waals surface area contributed by atoms with Crippen LogP contribution in [0.1, 0.15) is 23.2 Å². The first-order valence-electron chi connectivity index (χ1n) is 6.40.